The summed E-state index contributed by atoms with van der Waals surface area (Å²) in [5.41, 5.74) is 5.76. The minimum Gasteiger partial charge on any atom is -0.349 e. The summed E-state index contributed by atoms with van der Waals surface area (Å²) in [6.45, 7) is 0.789. The lowest BCUT2D eigenvalue weighted by molar-refractivity contribution is 0.853. The van der Waals surface area contributed by atoms with Crippen LogP contribution in [0.1, 0.15) is 12.8 Å². The summed E-state index contributed by atoms with van der Waals surface area (Å²) >= 11 is 0. The quantitative estimate of drug-likeness (QED) is 0.573. The fourth-order valence-corrected chi connectivity index (χ4v) is 0.981. The Morgan fingerprint density at radius 2 is 2.67 bits per heavy atom. The first-order valence-electron chi connectivity index (χ1n) is 3.99. The van der Waals surface area contributed by atoms with Gasteiger partial charge in [0, 0.05) is 13.0 Å². The molecule has 12 heavy (non-hydrogen) atoms. The molecule has 0 saturated carbocycles. The summed E-state index contributed by atoms with van der Waals surface area (Å²) in [5.74, 6) is 3.31. The molecule has 0 fully saturated rings. The van der Waals surface area contributed by atoms with Gasteiger partial charge in [-0.1, -0.05) is 6.08 Å². The number of amidine groups is 1. The van der Waals surface area contributed by atoms with Crippen LogP contribution in [0, 0.1) is 12.3 Å². The summed E-state index contributed by atoms with van der Waals surface area (Å²) < 4.78 is 0. The van der Waals surface area contributed by atoms with Crippen LogP contribution in [0.5, 0.6) is 0 Å². The first-order chi connectivity index (χ1) is 5.84. The first-order valence-corrected chi connectivity index (χ1v) is 3.99. The van der Waals surface area contributed by atoms with Crippen molar-refractivity contribution < 1.29 is 0 Å². The van der Waals surface area contributed by atoms with Gasteiger partial charge in [-0.2, -0.15) is 0 Å². The van der Waals surface area contributed by atoms with Gasteiger partial charge >= 0.3 is 0 Å². The minimum atomic E-state index is -0.155. The number of terminal acetylenes is 1. The highest BCUT2D eigenvalue weighted by Gasteiger charge is 2.08. The number of hydrogen-bond acceptors (Lipinski definition) is 3. The maximum absolute atomic E-state index is 5.76. The zero-order chi connectivity index (χ0) is 8.81. The Bertz CT molecular complexity index is 235. The lowest BCUT2D eigenvalue weighted by Gasteiger charge is -2.10. The van der Waals surface area contributed by atoms with E-state index < -0.39 is 0 Å². The van der Waals surface area contributed by atoms with E-state index in [4.69, 9.17) is 12.2 Å². The molecule has 0 unspecified atom stereocenters. The van der Waals surface area contributed by atoms with Crippen molar-refractivity contribution in [2.75, 3.05) is 6.54 Å². The van der Waals surface area contributed by atoms with Gasteiger partial charge in [0.25, 0.3) is 0 Å². The molecule has 0 bridgehead atoms. The van der Waals surface area contributed by atoms with E-state index in [0.29, 0.717) is 6.42 Å². The Hall–Kier alpha value is -1.27. The monoisotopic (exact) mass is 163 g/mol. The molecule has 1 aliphatic heterocycles. The molecule has 64 valence electrons. The second-order valence-corrected chi connectivity index (χ2v) is 2.62. The van der Waals surface area contributed by atoms with Crippen molar-refractivity contribution in [3.05, 3.63) is 12.3 Å². The molecule has 0 saturated heterocycles. The summed E-state index contributed by atoms with van der Waals surface area (Å²) in [6.07, 6.45) is 10.5. The van der Waals surface area contributed by atoms with Crippen LogP contribution >= 0.6 is 0 Å². The van der Waals surface area contributed by atoms with E-state index in [-0.39, 0.29) is 6.04 Å². The van der Waals surface area contributed by atoms with E-state index in [9.17, 15) is 0 Å². The second kappa shape index (κ2) is 4.58. The van der Waals surface area contributed by atoms with Crippen molar-refractivity contribution in [2.45, 2.75) is 18.9 Å². The number of nitrogens with two attached hydrogens (primary N) is 1. The summed E-state index contributed by atoms with van der Waals surface area (Å²) in [4.78, 5) is 4.26. The maximum atomic E-state index is 5.76. The third-order valence-corrected chi connectivity index (χ3v) is 1.62. The van der Waals surface area contributed by atoms with Crippen molar-refractivity contribution in [3.8, 4) is 12.3 Å². The molecule has 0 aliphatic carbocycles. The number of rotatable bonds is 2. The van der Waals surface area contributed by atoms with Gasteiger partial charge < -0.3 is 11.1 Å². The van der Waals surface area contributed by atoms with Crippen molar-refractivity contribution in [3.63, 3.8) is 0 Å². The summed E-state index contributed by atoms with van der Waals surface area (Å²) in [6, 6.07) is -0.155. The molecule has 3 heteroatoms. The highest BCUT2D eigenvalue weighted by molar-refractivity contribution is 5.88. The van der Waals surface area contributed by atoms with Crippen LogP contribution in [0.2, 0.25) is 0 Å². The van der Waals surface area contributed by atoms with Crippen LogP contribution in [0.25, 0.3) is 0 Å². The predicted octanol–water partition coefficient (Wildman–Crippen LogP) is 0.242. The molecular weight excluding hydrogens is 150 g/mol. The fraction of sp³-hybridized carbons (Fsp3) is 0.444. The van der Waals surface area contributed by atoms with E-state index >= 15 is 0 Å². The number of hydrogen-bond donors (Lipinski definition) is 2. The standard InChI is InChI=1S/C9H13N3/c1-2-5-8(10)9-11-6-3-4-7-12-9/h1,3,6,8H,4-5,7,10H2,(H,11,12)/t8-/m0/s1. The van der Waals surface area contributed by atoms with E-state index in [2.05, 4.69) is 16.2 Å². The van der Waals surface area contributed by atoms with Crippen molar-refractivity contribution >= 4 is 5.84 Å². The molecule has 1 aliphatic rings. The highest BCUT2D eigenvalue weighted by atomic mass is 15.0. The van der Waals surface area contributed by atoms with Crippen LogP contribution < -0.4 is 11.1 Å². The molecule has 0 aromatic carbocycles. The molecule has 0 aromatic rings. The van der Waals surface area contributed by atoms with Crippen LogP contribution in [0.3, 0.4) is 0 Å². The van der Waals surface area contributed by atoms with Crippen molar-refractivity contribution in [1.82, 2.24) is 5.32 Å². The molecule has 1 atom stereocenters. The van der Waals surface area contributed by atoms with Crippen molar-refractivity contribution in [1.29, 1.82) is 0 Å². The normalized spacial score (nSPS) is 18.5. The van der Waals surface area contributed by atoms with Gasteiger partial charge in [0.15, 0.2) is 0 Å². The van der Waals surface area contributed by atoms with Gasteiger partial charge in [-0.3, -0.25) is 4.99 Å². The molecule has 0 aromatic heterocycles. The predicted molar refractivity (Wildman–Crippen MR) is 50.6 cm³/mol. The average Bonchev–Trinajstić information content (AvgIpc) is 2.32. The van der Waals surface area contributed by atoms with Gasteiger partial charge in [0.2, 0.25) is 0 Å². The van der Waals surface area contributed by atoms with E-state index in [0.717, 1.165) is 18.8 Å². The molecule has 0 radical (unpaired) electrons. The third kappa shape index (κ3) is 2.40. The topological polar surface area (TPSA) is 50.4 Å². The number of nitrogens with one attached hydrogen (secondary N) is 1. The van der Waals surface area contributed by atoms with Crippen molar-refractivity contribution in [2.24, 2.45) is 10.7 Å². The Kier molecular flexibility index (Phi) is 3.36. The zero-order valence-corrected chi connectivity index (χ0v) is 6.96. The van der Waals surface area contributed by atoms with Gasteiger partial charge in [-0.05, 0) is 12.6 Å². The molecule has 1 rings (SSSR count). The largest absolute Gasteiger partial charge is 0.349 e. The van der Waals surface area contributed by atoms with Gasteiger partial charge in [-0.15, -0.1) is 12.3 Å². The van der Waals surface area contributed by atoms with E-state index in [1.165, 1.54) is 0 Å². The molecule has 0 spiro atoms. The summed E-state index contributed by atoms with van der Waals surface area (Å²) in [7, 11) is 0. The molecular formula is C9H13N3. The third-order valence-electron chi connectivity index (χ3n) is 1.62. The average molecular weight is 163 g/mol. The lowest BCUT2D eigenvalue weighted by Crippen LogP contribution is -2.38. The Morgan fingerprint density at radius 3 is 3.42 bits per heavy atom. The van der Waals surface area contributed by atoms with E-state index in [1.54, 1.807) is 0 Å². The van der Waals surface area contributed by atoms with E-state index in [1.807, 2.05) is 12.3 Å². The van der Waals surface area contributed by atoms with Crippen LogP contribution in [0.15, 0.2) is 17.3 Å². The van der Waals surface area contributed by atoms with Crippen LogP contribution in [-0.4, -0.2) is 18.4 Å². The zero-order valence-electron chi connectivity index (χ0n) is 6.96. The number of nitrogens with zero attached hydrogens (tertiary/aromatic N) is 1. The molecule has 1 heterocycles. The molecule has 3 N–H and O–H groups in total. The van der Waals surface area contributed by atoms with Gasteiger partial charge in [0.1, 0.15) is 5.84 Å². The lowest BCUT2D eigenvalue weighted by atomic mass is 10.2. The maximum Gasteiger partial charge on any atom is 0.118 e. The highest BCUT2D eigenvalue weighted by Crippen LogP contribution is 1.95. The Balaban J connectivity index is 2.55. The molecule has 3 nitrogen and oxygen atoms in total. The number of aliphatic imine (C=N–C) groups is 1. The van der Waals surface area contributed by atoms with Crippen LogP contribution in [-0.2, 0) is 0 Å². The SMILES string of the molecule is C#CC[C@H](N)C1=NCCC=CN1. The van der Waals surface area contributed by atoms with Gasteiger partial charge in [0.05, 0.1) is 6.04 Å². The first kappa shape index (κ1) is 8.82. The van der Waals surface area contributed by atoms with Crippen LogP contribution in [0.4, 0.5) is 0 Å². The second-order valence-electron chi connectivity index (χ2n) is 2.62. The molecule has 0 amide bonds. The summed E-state index contributed by atoms with van der Waals surface area (Å²) in [5, 5.41) is 3.02. The fourth-order valence-electron chi connectivity index (χ4n) is 0.981. The smallest absolute Gasteiger partial charge is 0.118 e. The Labute approximate surface area is 72.7 Å². The van der Waals surface area contributed by atoms with Gasteiger partial charge in [-0.25, -0.2) is 0 Å². The Morgan fingerprint density at radius 1 is 1.83 bits per heavy atom. The minimum absolute atomic E-state index is 0.155.